The third-order valence-corrected chi connectivity index (χ3v) is 8.23. The highest BCUT2D eigenvalue weighted by molar-refractivity contribution is 7.96. The van der Waals surface area contributed by atoms with Gasteiger partial charge in [-0.1, -0.05) is 29.8 Å². The molecule has 2 aromatic heterocycles. The maximum Gasteiger partial charge on any atom is 0.311 e. The van der Waals surface area contributed by atoms with Gasteiger partial charge in [-0.05, 0) is 24.6 Å². The van der Waals surface area contributed by atoms with E-state index in [1.165, 1.54) is 0 Å². The van der Waals surface area contributed by atoms with E-state index in [0.29, 0.717) is 64.3 Å². The van der Waals surface area contributed by atoms with E-state index in [1.807, 2.05) is 37.4 Å². The number of nitrogens with zero attached hydrogens (tertiary/aromatic N) is 2. The largest absolute Gasteiger partial charge is 0.503 e. The van der Waals surface area contributed by atoms with Gasteiger partial charge in [0.25, 0.3) is 4.90 Å². The standard InChI is InChI=1S/C29H32N2O6S/c1-19-9-11-20(12-10-19)18-31-28-22(8-6-13-30-28)25(32)27(29(31)33)38(5)15-7-14-37-21-16-23(34-2)26(36-4)24(17-21)35-3/h6,8-13,16-17H,7,14-15,18H2,1-5H3/p+1. The number of aromatic hydroxyl groups is 1. The minimum Gasteiger partial charge on any atom is -0.503 e. The minimum atomic E-state index is -0.520. The molecule has 1 atom stereocenters. The molecule has 0 aliphatic carbocycles. The van der Waals surface area contributed by atoms with Crippen LogP contribution < -0.4 is 24.5 Å². The van der Waals surface area contributed by atoms with E-state index < -0.39 is 10.9 Å². The van der Waals surface area contributed by atoms with E-state index in [9.17, 15) is 9.90 Å². The van der Waals surface area contributed by atoms with Crippen molar-refractivity contribution in [3.05, 3.63) is 76.2 Å². The maximum atomic E-state index is 13.7. The summed E-state index contributed by atoms with van der Waals surface area (Å²) in [4.78, 5) is 18.5. The second-order valence-corrected chi connectivity index (χ2v) is 10.9. The van der Waals surface area contributed by atoms with Gasteiger partial charge < -0.3 is 24.1 Å². The fourth-order valence-corrected chi connectivity index (χ4v) is 5.89. The Bertz CT molecular complexity index is 1440. The van der Waals surface area contributed by atoms with E-state index in [2.05, 4.69) is 4.98 Å². The Morgan fingerprint density at radius 2 is 1.68 bits per heavy atom. The van der Waals surface area contributed by atoms with Gasteiger partial charge in [0.15, 0.2) is 17.2 Å². The molecular weight excluding hydrogens is 504 g/mol. The summed E-state index contributed by atoms with van der Waals surface area (Å²) in [7, 11) is 4.15. The normalized spacial score (nSPS) is 11.8. The van der Waals surface area contributed by atoms with Gasteiger partial charge in [0, 0.05) is 35.6 Å². The number of rotatable bonds is 11. The fourth-order valence-electron chi connectivity index (χ4n) is 4.28. The summed E-state index contributed by atoms with van der Waals surface area (Å²) in [6, 6.07) is 15.1. The first-order valence-corrected chi connectivity index (χ1v) is 14.0. The Morgan fingerprint density at radius 1 is 1.00 bits per heavy atom. The van der Waals surface area contributed by atoms with Crippen LogP contribution in [-0.4, -0.2) is 54.6 Å². The Balaban J connectivity index is 1.54. The molecule has 1 unspecified atom stereocenters. The number of methoxy groups -OCH3 is 3. The van der Waals surface area contributed by atoms with Gasteiger partial charge in [0.2, 0.25) is 5.75 Å². The van der Waals surface area contributed by atoms with Crippen LogP contribution in [0.3, 0.4) is 0 Å². The highest BCUT2D eigenvalue weighted by atomic mass is 32.2. The van der Waals surface area contributed by atoms with Crippen molar-refractivity contribution in [2.45, 2.75) is 24.8 Å². The Morgan fingerprint density at radius 3 is 2.32 bits per heavy atom. The molecule has 0 aliphatic heterocycles. The van der Waals surface area contributed by atoms with Crippen LogP contribution in [0.4, 0.5) is 0 Å². The second kappa shape index (κ2) is 12.1. The molecule has 0 spiro atoms. The molecule has 38 heavy (non-hydrogen) atoms. The predicted octanol–water partition coefficient (Wildman–Crippen LogP) is 4.56. The van der Waals surface area contributed by atoms with Crippen LogP contribution in [-0.2, 0) is 17.4 Å². The predicted molar refractivity (Wildman–Crippen MR) is 151 cm³/mol. The molecular formula is C29H33N2O6S+. The lowest BCUT2D eigenvalue weighted by atomic mass is 10.1. The van der Waals surface area contributed by atoms with Crippen molar-refractivity contribution in [1.29, 1.82) is 0 Å². The SMILES string of the molecule is COc1cc(OCCC[S+](C)c2c(O)c3cccnc3n(Cc3ccc(C)cc3)c2=O)cc(OC)c1OC. The Kier molecular flexibility index (Phi) is 8.68. The number of aryl methyl sites for hydroxylation is 1. The third kappa shape index (κ3) is 5.67. The highest BCUT2D eigenvalue weighted by Crippen LogP contribution is 2.40. The lowest BCUT2D eigenvalue weighted by Gasteiger charge is -2.15. The van der Waals surface area contributed by atoms with Gasteiger partial charge in [-0.2, -0.15) is 0 Å². The van der Waals surface area contributed by atoms with Gasteiger partial charge in [0.05, 0.1) is 39.9 Å². The lowest BCUT2D eigenvalue weighted by molar-refractivity contribution is 0.299. The number of hydrogen-bond acceptors (Lipinski definition) is 7. The average molecular weight is 538 g/mol. The van der Waals surface area contributed by atoms with Crippen molar-refractivity contribution in [2.24, 2.45) is 0 Å². The van der Waals surface area contributed by atoms with Crippen LogP contribution in [0.1, 0.15) is 17.5 Å². The van der Waals surface area contributed by atoms with E-state index in [1.54, 1.807) is 56.4 Å². The molecule has 4 aromatic rings. The molecule has 0 amide bonds. The smallest absolute Gasteiger partial charge is 0.311 e. The number of pyridine rings is 2. The molecule has 0 fully saturated rings. The van der Waals surface area contributed by atoms with Gasteiger partial charge in [0.1, 0.15) is 23.4 Å². The highest BCUT2D eigenvalue weighted by Gasteiger charge is 2.29. The Labute approximate surface area is 225 Å². The van der Waals surface area contributed by atoms with Crippen molar-refractivity contribution in [2.75, 3.05) is 39.9 Å². The van der Waals surface area contributed by atoms with Crippen LogP contribution in [0.15, 0.2) is 64.4 Å². The van der Waals surface area contributed by atoms with Crippen molar-refractivity contribution in [3.8, 4) is 28.7 Å². The van der Waals surface area contributed by atoms with Gasteiger partial charge >= 0.3 is 5.56 Å². The molecule has 0 saturated carbocycles. The van der Waals surface area contributed by atoms with Crippen molar-refractivity contribution < 1.29 is 24.1 Å². The molecule has 1 N–H and O–H groups in total. The monoisotopic (exact) mass is 537 g/mol. The molecule has 0 radical (unpaired) electrons. The first-order chi connectivity index (χ1) is 18.4. The number of hydrogen-bond donors (Lipinski definition) is 1. The van der Waals surface area contributed by atoms with Crippen molar-refractivity contribution in [3.63, 3.8) is 0 Å². The summed E-state index contributed by atoms with van der Waals surface area (Å²) >= 11 is 0. The molecule has 0 saturated heterocycles. The minimum absolute atomic E-state index is 0.00892. The first kappa shape index (κ1) is 27.2. The molecule has 0 bridgehead atoms. The van der Waals surface area contributed by atoms with E-state index in [4.69, 9.17) is 18.9 Å². The van der Waals surface area contributed by atoms with E-state index in [0.717, 1.165) is 11.1 Å². The molecule has 200 valence electrons. The zero-order chi connectivity index (χ0) is 27.2. The van der Waals surface area contributed by atoms with Crippen LogP contribution in [0.2, 0.25) is 0 Å². The fraction of sp³-hybridized carbons (Fsp3) is 0.310. The summed E-state index contributed by atoms with van der Waals surface area (Å²) in [6.07, 6.45) is 4.30. The van der Waals surface area contributed by atoms with Gasteiger partial charge in [-0.3, -0.25) is 9.36 Å². The molecule has 2 heterocycles. The zero-order valence-electron chi connectivity index (χ0n) is 22.3. The second-order valence-electron chi connectivity index (χ2n) is 8.83. The van der Waals surface area contributed by atoms with E-state index in [-0.39, 0.29) is 11.3 Å². The van der Waals surface area contributed by atoms with Crippen molar-refractivity contribution in [1.82, 2.24) is 9.55 Å². The topological polar surface area (TPSA) is 92.0 Å². The zero-order valence-corrected chi connectivity index (χ0v) is 23.1. The number of benzene rings is 2. The summed E-state index contributed by atoms with van der Waals surface area (Å²) in [5.41, 5.74) is 2.41. The summed E-state index contributed by atoms with van der Waals surface area (Å²) < 4.78 is 23.7. The van der Waals surface area contributed by atoms with Crippen LogP contribution in [0.5, 0.6) is 28.7 Å². The number of aromatic nitrogens is 2. The molecule has 8 nitrogen and oxygen atoms in total. The molecule has 4 rings (SSSR count). The first-order valence-electron chi connectivity index (χ1n) is 12.2. The Hall–Kier alpha value is -3.85. The number of fused-ring (bicyclic) bond motifs is 1. The summed E-state index contributed by atoms with van der Waals surface area (Å²) in [5, 5.41) is 11.7. The maximum absolute atomic E-state index is 13.7. The van der Waals surface area contributed by atoms with E-state index >= 15 is 0 Å². The lowest BCUT2D eigenvalue weighted by Crippen LogP contribution is -2.28. The quantitative estimate of drug-likeness (QED) is 0.222. The third-order valence-electron chi connectivity index (χ3n) is 6.26. The molecule has 9 heteroatoms. The van der Waals surface area contributed by atoms with Crippen LogP contribution >= 0.6 is 0 Å². The summed E-state index contributed by atoms with van der Waals surface area (Å²) in [6.45, 7) is 2.82. The van der Waals surface area contributed by atoms with Gasteiger partial charge in [-0.15, -0.1) is 0 Å². The van der Waals surface area contributed by atoms with Gasteiger partial charge in [-0.25, -0.2) is 4.98 Å². The molecule has 0 aliphatic rings. The van der Waals surface area contributed by atoms with Crippen LogP contribution in [0, 0.1) is 6.92 Å². The number of ether oxygens (including phenoxy) is 4. The van der Waals surface area contributed by atoms with Crippen LogP contribution in [0.25, 0.3) is 11.0 Å². The molecule has 2 aromatic carbocycles. The summed E-state index contributed by atoms with van der Waals surface area (Å²) in [5.74, 6) is 2.80. The average Bonchev–Trinajstić information content (AvgIpc) is 2.93. The van der Waals surface area contributed by atoms with Crippen molar-refractivity contribution >= 4 is 21.9 Å².